The van der Waals surface area contributed by atoms with Crippen molar-refractivity contribution in [1.82, 2.24) is 5.32 Å². The van der Waals surface area contributed by atoms with Crippen LogP contribution in [0.1, 0.15) is 12.5 Å². The number of hydrogen-bond acceptors (Lipinski definition) is 4. The molecule has 17 heavy (non-hydrogen) atoms. The van der Waals surface area contributed by atoms with Crippen LogP contribution in [0.4, 0.5) is 0 Å². The summed E-state index contributed by atoms with van der Waals surface area (Å²) in [6.45, 7) is 4.05. The molecular weight excluding hydrogens is 234 g/mol. The molecule has 0 spiro atoms. The first-order chi connectivity index (χ1) is 8.26. The van der Waals surface area contributed by atoms with Gasteiger partial charge in [-0.05, 0) is 43.5 Å². The Balaban J connectivity index is 2.93. The molecule has 0 saturated heterocycles. The highest BCUT2D eigenvalue weighted by atomic mass is 32.2. The fourth-order valence-corrected chi connectivity index (χ4v) is 2.26. The predicted molar refractivity (Wildman–Crippen MR) is 73.6 cm³/mol. The first kappa shape index (κ1) is 14.2. The normalized spacial score (nSPS) is 10.4. The predicted octanol–water partition coefficient (Wildman–Crippen LogP) is 2.58. The molecule has 0 saturated carbocycles. The van der Waals surface area contributed by atoms with Gasteiger partial charge in [0.05, 0.1) is 19.1 Å². The Morgan fingerprint density at radius 3 is 2.41 bits per heavy atom. The average Bonchev–Trinajstić information content (AvgIpc) is 2.38. The third kappa shape index (κ3) is 3.82. The summed E-state index contributed by atoms with van der Waals surface area (Å²) in [4.78, 5) is 1.11. The van der Waals surface area contributed by atoms with Crippen LogP contribution in [0, 0.1) is 0 Å². The van der Waals surface area contributed by atoms with Crippen LogP contribution in [-0.2, 0) is 6.42 Å². The second-order valence-electron chi connectivity index (χ2n) is 3.62. The summed E-state index contributed by atoms with van der Waals surface area (Å²) in [6.07, 6.45) is 2.98. The molecule has 0 aliphatic rings. The molecule has 0 atom stereocenters. The van der Waals surface area contributed by atoms with Crippen LogP contribution in [-0.4, -0.2) is 33.6 Å². The summed E-state index contributed by atoms with van der Waals surface area (Å²) in [5, 5.41) is 3.31. The molecule has 0 heterocycles. The van der Waals surface area contributed by atoms with Crippen LogP contribution in [0.25, 0.3) is 0 Å². The lowest BCUT2D eigenvalue weighted by molar-refractivity contribution is 0.390. The van der Waals surface area contributed by atoms with Gasteiger partial charge in [-0.25, -0.2) is 0 Å². The van der Waals surface area contributed by atoms with E-state index in [0.29, 0.717) is 0 Å². The summed E-state index contributed by atoms with van der Waals surface area (Å²) in [5.74, 6) is 1.86. The molecule has 4 heteroatoms. The van der Waals surface area contributed by atoms with Crippen LogP contribution in [0.15, 0.2) is 17.0 Å². The van der Waals surface area contributed by atoms with Gasteiger partial charge in [0.15, 0.2) is 0 Å². The summed E-state index contributed by atoms with van der Waals surface area (Å²) in [7, 11) is 3.41. The number of benzene rings is 1. The number of thioether (sulfide) groups is 1. The van der Waals surface area contributed by atoms with E-state index >= 15 is 0 Å². The Morgan fingerprint density at radius 2 is 1.88 bits per heavy atom. The average molecular weight is 255 g/mol. The second kappa shape index (κ2) is 7.45. The Bertz CT molecular complexity index is 356. The first-order valence-corrected chi connectivity index (χ1v) is 6.98. The van der Waals surface area contributed by atoms with E-state index in [0.717, 1.165) is 35.9 Å². The molecule has 0 aromatic heterocycles. The highest BCUT2D eigenvalue weighted by Crippen LogP contribution is 2.34. The maximum Gasteiger partial charge on any atom is 0.132 e. The standard InChI is InChI=1S/C13H21NO2S/c1-5-14-7-6-10-8-12(16-3)13(17-4)9-11(10)15-2/h8-9,14H,5-7H2,1-4H3. The van der Waals surface area contributed by atoms with Gasteiger partial charge in [0.25, 0.3) is 0 Å². The summed E-state index contributed by atoms with van der Waals surface area (Å²) < 4.78 is 10.8. The third-order valence-corrected chi connectivity index (χ3v) is 3.37. The fraction of sp³-hybridized carbons (Fsp3) is 0.538. The van der Waals surface area contributed by atoms with Gasteiger partial charge in [0.1, 0.15) is 11.5 Å². The maximum absolute atomic E-state index is 5.42. The third-order valence-electron chi connectivity index (χ3n) is 2.61. The summed E-state index contributed by atoms with van der Waals surface area (Å²) in [5.41, 5.74) is 1.18. The van der Waals surface area contributed by atoms with Crippen molar-refractivity contribution in [3.8, 4) is 11.5 Å². The largest absolute Gasteiger partial charge is 0.496 e. The molecule has 0 bridgehead atoms. The van der Waals surface area contributed by atoms with E-state index in [2.05, 4.69) is 18.3 Å². The van der Waals surface area contributed by atoms with E-state index in [1.165, 1.54) is 5.56 Å². The number of methoxy groups -OCH3 is 2. The van der Waals surface area contributed by atoms with E-state index in [4.69, 9.17) is 9.47 Å². The first-order valence-electron chi connectivity index (χ1n) is 5.76. The number of ether oxygens (including phenoxy) is 2. The molecular formula is C13H21NO2S. The van der Waals surface area contributed by atoms with Crippen LogP contribution >= 0.6 is 11.8 Å². The highest BCUT2D eigenvalue weighted by molar-refractivity contribution is 7.98. The van der Waals surface area contributed by atoms with E-state index in [9.17, 15) is 0 Å². The second-order valence-corrected chi connectivity index (χ2v) is 4.47. The van der Waals surface area contributed by atoms with Gasteiger partial charge < -0.3 is 14.8 Å². The monoisotopic (exact) mass is 255 g/mol. The van der Waals surface area contributed by atoms with Crippen molar-refractivity contribution in [2.75, 3.05) is 33.6 Å². The van der Waals surface area contributed by atoms with Gasteiger partial charge in [-0.3, -0.25) is 0 Å². The lowest BCUT2D eigenvalue weighted by atomic mass is 10.1. The zero-order chi connectivity index (χ0) is 12.7. The van der Waals surface area contributed by atoms with E-state index in [1.807, 2.05) is 12.3 Å². The molecule has 0 unspecified atom stereocenters. The van der Waals surface area contributed by atoms with Crippen molar-refractivity contribution < 1.29 is 9.47 Å². The molecule has 3 nitrogen and oxygen atoms in total. The van der Waals surface area contributed by atoms with Gasteiger partial charge in [0.2, 0.25) is 0 Å². The van der Waals surface area contributed by atoms with Gasteiger partial charge in [-0.1, -0.05) is 6.92 Å². The van der Waals surface area contributed by atoms with Crippen LogP contribution < -0.4 is 14.8 Å². The number of nitrogens with one attached hydrogen (secondary N) is 1. The van der Waals surface area contributed by atoms with Crippen LogP contribution in [0.3, 0.4) is 0 Å². The SMILES string of the molecule is CCNCCc1cc(OC)c(SC)cc1OC. The van der Waals surface area contributed by atoms with E-state index in [1.54, 1.807) is 26.0 Å². The van der Waals surface area contributed by atoms with Gasteiger partial charge >= 0.3 is 0 Å². The quantitative estimate of drug-likeness (QED) is 0.599. The molecule has 0 fully saturated rings. The zero-order valence-electron chi connectivity index (χ0n) is 11.0. The van der Waals surface area contributed by atoms with Crippen LogP contribution in [0.2, 0.25) is 0 Å². The highest BCUT2D eigenvalue weighted by Gasteiger charge is 2.10. The molecule has 1 aromatic rings. The topological polar surface area (TPSA) is 30.5 Å². The Morgan fingerprint density at radius 1 is 1.18 bits per heavy atom. The molecule has 0 radical (unpaired) electrons. The Kier molecular flexibility index (Phi) is 6.22. The molecule has 96 valence electrons. The molecule has 1 N–H and O–H groups in total. The molecule has 0 amide bonds. The van der Waals surface area contributed by atoms with Gasteiger partial charge in [0, 0.05) is 0 Å². The van der Waals surface area contributed by atoms with Gasteiger partial charge in [-0.2, -0.15) is 0 Å². The molecule has 1 rings (SSSR count). The lowest BCUT2D eigenvalue weighted by Gasteiger charge is -2.13. The molecule has 0 aliphatic carbocycles. The van der Waals surface area contributed by atoms with Crippen molar-refractivity contribution >= 4 is 11.8 Å². The van der Waals surface area contributed by atoms with Crippen molar-refractivity contribution in [1.29, 1.82) is 0 Å². The van der Waals surface area contributed by atoms with Crippen molar-refractivity contribution in [3.63, 3.8) is 0 Å². The molecule has 0 aliphatic heterocycles. The Hall–Kier alpha value is -0.870. The fourth-order valence-electron chi connectivity index (χ4n) is 1.69. The summed E-state index contributed by atoms with van der Waals surface area (Å²) >= 11 is 1.67. The van der Waals surface area contributed by atoms with Gasteiger partial charge in [-0.15, -0.1) is 11.8 Å². The summed E-state index contributed by atoms with van der Waals surface area (Å²) in [6, 6.07) is 4.12. The zero-order valence-corrected chi connectivity index (χ0v) is 11.8. The number of likely N-dealkylation sites (N-methyl/N-ethyl adjacent to an activating group) is 1. The number of rotatable bonds is 7. The minimum Gasteiger partial charge on any atom is -0.496 e. The number of hydrogen-bond donors (Lipinski definition) is 1. The van der Waals surface area contributed by atoms with Crippen LogP contribution in [0.5, 0.6) is 11.5 Å². The maximum atomic E-state index is 5.42. The minimum absolute atomic E-state index is 0.921. The van der Waals surface area contributed by atoms with E-state index < -0.39 is 0 Å². The lowest BCUT2D eigenvalue weighted by Crippen LogP contribution is -2.16. The molecule has 1 aromatic carbocycles. The van der Waals surface area contributed by atoms with Crippen molar-refractivity contribution in [2.24, 2.45) is 0 Å². The smallest absolute Gasteiger partial charge is 0.132 e. The van der Waals surface area contributed by atoms with Crippen molar-refractivity contribution in [3.05, 3.63) is 17.7 Å². The Labute approximate surface area is 108 Å². The van der Waals surface area contributed by atoms with E-state index in [-0.39, 0.29) is 0 Å². The minimum atomic E-state index is 0.921. The van der Waals surface area contributed by atoms with Crippen molar-refractivity contribution in [2.45, 2.75) is 18.2 Å².